The summed E-state index contributed by atoms with van der Waals surface area (Å²) < 4.78 is 13.5. The van der Waals surface area contributed by atoms with Crippen molar-refractivity contribution in [3.05, 3.63) is 35.1 Å². The molecule has 0 amide bonds. The molecule has 0 bridgehead atoms. The summed E-state index contributed by atoms with van der Waals surface area (Å²) in [6, 6.07) is 6.23. The van der Waals surface area contributed by atoms with Crippen LogP contribution < -0.4 is 5.32 Å². The summed E-state index contributed by atoms with van der Waals surface area (Å²) in [5.74, 6) is 0.426. The first-order valence-corrected chi connectivity index (χ1v) is 6.21. The van der Waals surface area contributed by atoms with Crippen molar-refractivity contribution in [2.24, 2.45) is 0 Å². The highest BCUT2D eigenvalue weighted by molar-refractivity contribution is 5.28. The van der Waals surface area contributed by atoms with Crippen molar-refractivity contribution >= 4 is 0 Å². The summed E-state index contributed by atoms with van der Waals surface area (Å²) in [4.78, 5) is 0. The maximum absolute atomic E-state index is 13.5. The first kappa shape index (κ1) is 11.6. The first-order valence-electron chi connectivity index (χ1n) is 6.21. The molecule has 1 N–H and O–H groups in total. The molecule has 1 aromatic carbocycles. The average molecular weight is 221 g/mol. The normalized spacial score (nSPS) is 24.9. The number of benzene rings is 1. The van der Waals surface area contributed by atoms with Gasteiger partial charge in [-0.1, -0.05) is 25.5 Å². The smallest absolute Gasteiger partial charge is 0.126 e. The van der Waals surface area contributed by atoms with Gasteiger partial charge in [-0.05, 0) is 49.4 Å². The van der Waals surface area contributed by atoms with Crippen molar-refractivity contribution in [2.75, 3.05) is 6.54 Å². The largest absolute Gasteiger partial charge is 0.314 e. The second kappa shape index (κ2) is 4.96. The van der Waals surface area contributed by atoms with Crippen molar-refractivity contribution < 1.29 is 4.39 Å². The molecule has 2 rings (SSSR count). The molecule has 0 aromatic heterocycles. The van der Waals surface area contributed by atoms with Gasteiger partial charge < -0.3 is 5.32 Å². The van der Waals surface area contributed by atoms with E-state index in [0.717, 1.165) is 17.7 Å². The fourth-order valence-electron chi connectivity index (χ4n) is 2.71. The third kappa shape index (κ3) is 2.27. The highest BCUT2D eigenvalue weighted by atomic mass is 19.1. The van der Waals surface area contributed by atoms with Crippen molar-refractivity contribution in [1.82, 2.24) is 5.32 Å². The van der Waals surface area contributed by atoms with E-state index < -0.39 is 0 Å². The van der Waals surface area contributed by atoms with Crippen LogP contribution in [0.15, 0.2) is 18.2 Å². The van der Waals surface area contributed by atoms with Crippen molar-refractivity contribution in [1.29, 1.82) is 0 Å². The zero-order valence-electron chi connectivity index (χ0n) is 10.1. The minimum Gasteiger partial charge on any atom is -0.314 e. The van der Waals surface area contributed by atoms with Crippen molar-refractivity contribution in [2.45, 2.75) is 45.1 Å². The summed E-state index contributed by atoms with van der Waals surface area (Å²) in [6.07, 6.45) is 3.64. The van der Waals surface area contributed by atoms with E-state index in [-0.39, 0.29) is 5.82 Å². The molecule has 1 aromatic rings. The van der Waals surface area contributed by atoms with E-state index in [2.05, 4.69) is 18.3 Å². The van der Waals surface area contributed by atoms with Crippen LogP contribution in [-0.2, 0) is 0 Å². The Hall–Kier alpha value is -0.890. The Morgan fingerprint density at radius 3 is 2.88 bits per heavy atom. The lowest BCUT2D eigenvalue weighted by Gasteiger charge is -2.21. The number of aryl methyl sites for hydroxylation is 1. The SMILES string of the molecule is CCNC1CCCC1c1ccc(C)c(F)c1. The Morgan fingerprint density at radius 2 is 2.19 bits per heavy atom. The maximum Gasteiger partial charge on any atom is 0.126 e. The van der Waals surface area contributed by atoms with Gasteiger partial charge in [0, 0.05) is 6.04 Å². The molecule has 88 valence electrons. The Kier molecular flexibility index (Phi) is 3.59. The van der Waals surface area contributed by atoms with Gasteiger partial charge in [-0.25, -0.2) is 4.39 Å². The Bertz CT molecular complexity index is 362. The number of likely N-dealkylation sites (N-methyl/N-ethyl adjacent to an activating group) is 1. The van der Waals surface area contributed by atoms with Gasteiger partial charge in [0.2, 0.25) is 0 Å². The van der Waals surface area contributed by atoms with Gasteiger partial charge in [-0.15, -0.1) is 0 Å². The fraction of sp³-hybridized carbons (Fsp3) is 0.571. The van der Waals surface area contributed by atoms with E-state index in [4.69, 9.17) is 0 Å². The molecule has 1 fully saturated rings. The molecule has 0 spiro atoms. The highest BCUT2D eigenvalue weighted by Crippen LogP contribution is 2.35. The van der Waals surface area contributed by atoms with Crippen LogP contribution in [0.2, 0.25) is 0 Å². The molecule has 16 heavy (non-hydrogen) atoms. The molecule has 2 atom stereocenters. The van der Waals surface area contributed by atoms with E-state index in [1.807, 2.05) is 13.0 Å². The molecule has 0 heterocycles. The molecule has 0 aliphatic heterocycles. The zero-order chi connectivity index (χ0) is 11.5. The third-order valence-electron chi connectivity index (χ3n) is 3.61. The summed E-state index contributed by atoms with van der Waals surface area (Å²) >= 11 is 0. The molecule has 2 unspecified atom stereocenters. The quantitative estimate of drug-likeness (QED) is 0.825. The molecule has 2 heteroatoms. The Labute approximate surface area is 97.1 Å². The van der Waals surface area contributed by atoms with Crippen LogP contribution in [0.1, 0.15) is 43.2 Å². The number of hydrogen-bond donors (Lipinski definition) is 1. The minimum absolute atomic E-state index is 0.0698. The second-order valence-corrected chi connectivity index (χ2v) is 4.71. The van der Waals surface area contributed by atoms with E-state index in [9.17, 15) is 4.39 Å². The Balaban J connectivity index is 2.19. The molecule has 1 saturated carbocycles. The highest BCUT2D eigenvalue weighted by Gasteiger charge is 2.27. The van der Waals surface area contributed by atoms with Crippen LogP contribution in [0.3, 0.4) is 0 Å². The van der Waals surface area contributed by atoms with Crippen LogP contribution in [0.25, 0.3) is 0 Å². The Morgan fingerprint density at radius 1 is 1.38 bits per heavy atom. The minimum atomic E-state index is -0.0698. The molecule has 1 nitrogen and oxygen atoms in total. The third-order valence-corrected chi connectivity index (χ3v) is 3.61. The maximum atomic E-state index is 13.5. The first-order chi connectivity index (χ1) is 7.72. The molecule has 1 aliphatic rings. The molecule has 1 aliphatic carbocycles. The summed E-state index contributed by atoms with van der Waals surface area (Å²) in [7, 11) is 0. The average Bonchev–Trinajstić information content (AvgIpc) is 2.71. The fourth-order valence-corrected chi connectivity index (χ4v) is 2.71. The summed E-state index contributed by atoms with van der Waals surface area (Å²) in [5.41, 5.74) is 1.90. The van der Waals surface area contributed by atoms with Gasteiger partial charge in [0.15, 0.2) is 0 Å². The second-order valence-electron chi connectivity index (χ2n) is 4.71. The van der Waals surface area contributed by atoms with Crippen LogP contribution in [0, 0.1) is 12.7 Å². The van der Waals surface area contributed by atoms with E-state index >= 15 is 0 Å². The van der Waals surface area contributed by atoms with Crippen molar-refractivity contribution in [3.8, 4) is 0 Å². The number of rotatable bonds is 3. The van der Waals surface area contributed by atoms with E-state index in [0.29, 0.717) is 12.0 Å². The van der Waals surface area contributed by atoms with Crippen LogP contribution in [-0.4, -0.2) is 12.6 Å². The molecule has 0 radical (unpaired) electrons. The number of halogens is 1. The molecular formula is C14H20FN. The predicted octanol–water partition coefficient (Wildman–Crippen LogP) is 3.38. The predicted molar refractivity (Wildman–Crippen MR) is 65.2 cm³/mol. The molecular weight excluding hydrogens is 201 g/mol. The standard InChI is InChI=1S/C14H20FN/c1-3-16-14-6-4-5-12(14)11-8-7-10(2)13(15)9-11/h7-9,12,14,16H,3-6H2,1-2H3. The van der Waals surface area contributed by atoms with Gasteiger partial charge in [-0.2, -0.15) is 0 Å². The van der Waals surface area contributed by atoms with Gasteiger partial charge in [0.05, 0.1) is 0 Å². The number of nitrogens with one attached hydrogen (secondary N) is 1. The van der Waals surface area contributed by atoms with Gasteiger partial charge >= 0.3 is 0 Å². The topological polar surface area (TPSA) is 12.0 Å². The lowest BCUT2D eigenvalue weighted by atomic mass is 9.93. The van der Waals surface area contributed by atoms with Crippen LogP contribution >= 0.6 is 0 Å². The monoisotopic (exact) mass is 221 g/mol. The molecule has 0 saturated heterocycles. The van der Waals surface area contributed by atoms with Gasteiger partial charge in [0.25, 0.3) is 0 Å². The van der Waals surface area contributed by atoms with Crippen LogP contribution in [0.5, 0.6) is 0 Å². The van der Waals surface area contributed by atoms with Crippen molar-refractivity contribution in [3.63, 3.8) is 0 Å². The van der Waals surface area contributed by atoms with E-state index in [1.165, 1.54) is 19.3 Å². The summed E-state index contributed by atoms with van der Waals surface area (Å²) in [5, 5.41) is 3.50. The zero-order valence-corrected chi connectivity index (χ0v) is 10.1. The lowest BCUT2D eigenvalue weighted by molar-refractivity contribution is 0.490. The van der Waals surface area contributed by atoms with Gasteiger partial charge in [0.1, 0.15) is 5.82 Å². The number of hydrogen-bond acceptors (Lipinski definition) is 1. The van der Waals surface area contributed by atoms with Crippen LogP contribution in [0.4, 0.5) is 4.39 Å². The lowest BCUT2D eigenvalue weighted by Crippen LogP contribution is -2.30. The van der Waals surface area contributed by atoms with E-state index in [1.54, 1.807) is 6.07 Å². The van der Waals surface area contributed by atoms with Gasteiger partial charge in [-0.3, -0.25) is 0 Å². The summed E-state index contributed by atoms with van der Waals surface area (Å²) in [6.45, 7) is 4.94.